The first-order valence-electron chi connectivity index (χ1n) is 9.55. The van der Waals surface area contributed by atoms with Crippen LogP contribution in [0, 0.1) is 5.41 Å². The van der Waals surface area contributed by atoms with E-state index in [1.165, 1.54) is 5.56 Å². The van der Waals surface area contributed by atoms with Crippen molar-refractivity contribution in [3.8, 4) is 0 Å². The summed E-state index contributed by atoms with van der Waals surface area (Å²) in [6.07, 6.45) is 6.04. The molecule has 1 amide bonds. The van der Waals surface area contributed by atoms with Crippen LogP contribution in [0.15, 0.2) is 24.3 Å². The van der Waals surface area contributed by atoms with Crippen molar-refractivity contribution >= 4 is 5.91 Å². The zero-order chi connectivity index (χ0) is 17.9. The van der Waals surface area contributed by atoms with E-state index in [0.717, 1.165) is 70.4 Å². The highest BCUT2D eigenvalue weighted by atomic mass is 16.5. The maximum Gasteiger partial charge on any atom is 0.253 e. The van der Waals surface area contributed by atoms with E-state index in [1.807, 2.05) is 43.0 Å². The summed E-state index contributed by atoms with van der Waals surface area (Å²) < 4.78 is 5.50. The summed E-state index contributed by atoms with van der Waals surface area (Å²) in [4.78, 5) is 14.8. The molecule has 4 heteroatoms. The number of amides is 1. The molecule has 0 aliphatic carbocycles. The molecule has 1 spiro atoms. The third-order valence-corrected chi connectivity index (χ3v) is 5.89. The summed E-state index contributed by atoms with van der Waals surface area (Å²) in [5.74, 6) is 0.149. The van der Waals surface area contributed by atoms with Crippen LogP contribution < -0.4 is 0 Å². The molecule has 25 heavy (non-hydrogen) atoms. The highest BCUT2D eigenvalue weighted by molar-refractivity contribution is 5.94. The van der Waals surface area contributed by atoms with Gasteiger partial charge in [0.2, 0.25) is 0 Å². The summed E-state index contributed by atoms with van der Waals surface area (Å²) >= 11 is 0. The Morgan fingerprint density at radius 3 is 2.28 bits per heavy atom. The van der Waals surface area contributed by atoms with Gasteiger partial charge in [-0.2, -0.15) is 0 Å². The van der Waals surface area contributed by atoms with Gasteiger partial charge < -0.3 is 14.7 Å². The molecule has 1 N–H and O–H groups in total. The number of hydrogen-bond acceptors (Lipinski definition) is 3. The second kappa shape index (κ2) is 7.46. The second-order valence-corrected chi connectivity index (χ2v) is 8.41. The number of rotatable bonds is 4. The molecule has 2 fully saturated rings. The quantitative estimate of drug-likeness (QED) is 0.910. The highest BCUT2D eigenvalue weighted by Gasteiger charge is 2.37. The van der Waals surface area contributed by atoms with E-state index >= 15 is 0 Å². The normalized spacial score (nSPS) is 20.7. The Morgan fingerprint density at radius 2 is 1.72 bits per heavy atom. The molecule has 0 atom stereocenters. The Morgan fingerprint density at radius 1 is 1.12 bits per heavy atom. The number of aliphatic hydroxyl groups is 1. The molecule has 2 heterocycles. The summed E-state index contributed by atoms with van der Waals surface area (Å²) in [7, 11) is 0. The number of ether oxygens (including phenoxy) is 1. The molecule has 1 aromatic carbocycles. The molecule has 0 radical (unpaired) electrons. The topological polar surface area (TPSA) is 49.8 Å². The lowest BCUT2D eigenvalue weighted by atomic mass is 9.72. The van der Waals surface area contributed by atoms with Gasteiger partial charge >= 0.3 is 0 Å². The molecule has 2 aliphatic rings. The molecule has 138 valence electrons. The minimum atomic E-state index is -0.650. The van der Waals surface area contributed by atoms with E-state index in [0.29, 0.717) is 5.41 Å². The predicted molar refractivity (Wildman–Crippen MR) is 98.7 cm³/mol. The van der Waals surface area contributed by atoms with Gasteiger partial charge in [-0.3, -0.25) is 4.79 Å². The lowest BCUT2D eigenvalue weighted by molar-refractivity contribution is -0.0175. The number of carbonyl (C=O) groups excluding carboxylic acids is 1. The van der Waals surface area contributed by atoms with Crippen molar-refractivity contribution in [2.75, 3.05) is 26.3 Å². The highest BCUT2D eigenvalue weighted by Crippen LogP contribution is 2.40. The van der Waals surface area contributed by atoms with Gasteiger partial charge in [-0.1, -0.05) is 12.1 Å². The number of likely N-dealkylation sites (tertiary alicyclic amines) is 1. The van der Waals surface area contributed by atoms with Crippen LogP contribution >= 0.6 is 0 Å². The summed E-state index contributed by atoms with van der Waals surface area (Å²) in [6.45, 7) is 7.12. The molecule has 0 bridgehead atoms. The van der Waals surface area contributed by atoms with Crippen molar-refractivity contribution in [2.45, 2.75) is 58.0 Å². The molecule has 0 saturated carbocycles. The van der Waals surface area contributed by atoms with E-state index in [2.05, 4.69) is 0 Å². The van der Waals surface area contributed by atoms with E-state index < -0.39 is 5.60 Å². The summed E-state index contributed by atoms with van der Waals surface area (Å²) in [5, 5.41) is 9.83. The van der Waals surface area contributed by atoms with Crippen LogP contribution in [0.3, 0.4) is 0 Å². The van der Waals surface area contributed by atoms with Crippen LogP contribution in [0.25, 0.3) is 0 Å². The predicted octanol–water partition coefficient (Wildman–Crippen LogP) is 3.42. The Hall–Kier alpha value is -1.39. The number of benzene rings is 1. The van der Waals surface area contributed by atoms with Gasteiger partial charge in [0.1, 0.15) is 0 Å². The average molecular weight is 345 g/mol. The Bertz CT molecular complexity index is 572. The monoisotopic (exact) mass is 345 g/mol. The van der Waals surface area contributed by atoms with Crippen molar-refractivity contribution < 1.29 is 14.6 Å². The van der Waals surface area contributed by atoms with Crippen LogP contribution in [0.4, 0.5) is 0 Å². The van der Waals surface area contributed by atoms with Gasteiger partial charge in [-0.25, -0.2) is 0 Å². The van der Waals surface area contributed by atoms with Crippen molar-refractivity contribution in [1.82, 2.24) is 4.90 Å². The molecule has 3 rings (SSSR count). The van der Waals surface area contributed by atoms with Crippen molar-refractivity contribution in [2.24, 2.45) is 5.41 Å². The van der Waals surface area contributed by atoms with Crippen LogP contribution in [-0.2, 0) is 11.2 Å². The first-order chi connectivity index (χ1) is 11.9. The molecule has 0 aromatic heterocycles. The van der Waals surface area contributed by atoms with Gasteiger partial charge in [-0.15, -0.1) is 0 Å². The van der Waals surface area contributed by atoms with E-state index in [4.69, 9.17) is 4.74 Å². The average Bonchev–Trinajstić information content (AvgIpc) is 2.61. The molecule has 0 unspecified atom stereocenters. The number of aryl methyl sites for hydroxylation is 1. The minimum absolute atomic E-state index is 0.149. The molecular formula is C21H31NO3. The number of piperidine rings is 1. The lowest BCUT2D eigenvalue weighted by Gasteiger charge is -2.44. The van der Waals surface area contributed by atoms with E-state index in [1.54, 1.807) is 0 Å². The van der Waals surface area contributed by atoms with Gasteiger partial charge in [0, 0.05) is 31.9 Å². The van der Waals surface area contributed by atoms with Crippen LogP contribution in [0.1, 0.15) is 61.9 Å². The zero-order valence-corrected chi connectivity index (χ0v) is 15.6. The first kappa shape index (κ1) is 18.4. The Kier molecular flexibility index (Phi) is 5.49. The van der Waals surface area contributed by atoms with Gasteiger partial charge in [-0.05, 0) is 75.5 Å². The van der Waals surface area contributed by atoms with Gasteiger partial charge in [0.05, 0.1) is 5.60 Å². The fourth-order valence-corrected chi connectivity index (χ4v) is 3.94. The van der Waals surface area contributed by atoms with Crippen LogP contribution in [0.2, 0.25) is 0 Å². The second-order valence-electron chi connectivity index (χ2n) is 8.41. The Labute approximate surface area is 151 Å². The fourth-order valence-electron chi connectivity index (χ4n) is 3.94. The zero-order valence-electron chi connectivity index (χ0n) is 15.6. The van der Waals surface area contributed by atoms with E-state index in [-0.39, 0.29) is 5.91 Å². The van der Waals surface area contributed by atoms with Crippen LogP contribution in [-0.4, -0.2) is 47.8 Å². The molecule has 2 aliphatic heterocycles. The maximum absolute atomic E-state index is 12.8. The van der Waals surface area contributed by atoms with Crippen molar-refractivity contribution in [1.29, 1.82) is 0 Å². The fraction of sp³-hybridized carbons (Fsp3) is 0.667. The maximum atomic E-state index is 12.8. The standard InChI is InChI=1S/C21H31NO3/c1-20(2,24)8-7-17-3-5-18(6-4-17)19(23)22-13-9-21(10-14-22)11-15-25-16-12-21/h3-6,24H,7-16H2,1-2H3. The third-order valence-electron chi connectivity index (χ3n) is 5.89. The summed E-state index contributed by atoms with van der Waals surface area (Å²) in [5.41, 5.74) is 1.70. The third kappa shape index (κ3) is 4.83. The molecule has 1 aromatic rings. The van der Waals surface area contributed by atoms with Gasteiger partial charge in [0.15, 0.2) is 0 Å². The first-order valence-corrected chi connectivity index (χ1v) is 9.55. The smallest absolute Gasteiger partial charge is 0.253 e. The molecule has 2 saturated heterocycles. The number of hydrogen-bond donors (Lipinski definition) is 1. The largest absolute Gasteiger partial charge is 0.390 e. The lowest BCUT2D eigenvalue weighted by Crippen LogP contribution is -2.45. The van der Waals surface area contributed by atoms with Gasteiger partial charge in [0.25, 0.3) is 5.91 Å². The summed E-state index contributed by atoms with van der Waals surface area (Å²) in [6, 6.07) is 7.90. The SMILES string of the molecule is CC(C)(O)CCc1ccc(C(=O)N2CCC3(CCOCC3)CC2)cc1. The number of carbonyl (C=O) groups is 1. The van der Waals surface area contributed by atoms with E-state index in [9.17, 15) is 9.90 Å². The minimum Gasteiger partial charge on any atom is -0.390 e. The number of nitrogens with zero attached hydrogens (tertiary/aromatic N) is 1. The van der Waals surface area contributed by atoms with Crippen molar-refractivity contribution in [3.05, 3.63) is 35.4 Å². The van der Waals surface area contributed by atoms with Crippen LogP contribution in [0.5, 0.6) is 0 Å². The molecule has 4 nitrogen and oxygen atoms in total. The molecular weight excluding hydrogens is 314 g/mol. The Balaban J connectivity index is 1.55. The van der Waals surface area contributed by atoms with Crippen molar-refractivity contribution in [3.63, 3.8) is 0 Å².